The standard InChI is InChI=1S/C30H34F2N6O4S/c1-30(2,18-42-4)34-27-16-21(38-11-9-37(3)10-12-38)5-7-24(27)29(39)33-28-25-17-22(6-8-26(25)35-36-28)43(40,41)23-14-19(31)13-20(32)15-23/h5-8,13-17,34H,9-12,18H2,1-4H3,(H2,33,35,36,39). The topological polar surface area (TPSA) is 120 Å². The quantitative estimate of drug-likeness (QED) is 0.253. The molecule has 43 heavy (non-hydrogen) atoms. The third-order valence-corrected chi connectivity index (χ3v) is 9.05. The van der Waals surface area contributed by atoms with Gasteiger partial charge in [-0.3, -0.25) is 9.89 Å². The Bertz CT molecular complexity index is 1750. The lowest BCUT2D eigenvalue weighted by Crippen LogP contribution is -2.44. The van der Waals surface area contributed by atoms with E-state index in [9.17, 15) is 22.0 Å². The summed E-state index contributed by atoms with van der Waals surface area (Å²) < 4.78 is 59.3. The molecule has 0 unspecified atom stereocenters. The average Bonchev–Trinajstić information content (AvgIpc) is 3.34. The highest BCUT2D eigenvalue weighted by atomic mass is 32.2. The zero-order valence-corrected chi connectivity index (χ0v) is 25.2. The van der Waals surface area contributed by atoms with Gasteiger partial charge in [0.15, 0.2) is 5.82 Å². The Kier molecular flexibility index (Phi) is 8.41. The van der Waals surface area contributed by atoms with E-state index < -0.39 is 37.8 Å². The Morgan fingerprint density at radius 2 is 1.70 bits per heavy atom. The number of aromatic amines is 1. The monoisotopic (exact) mass is 612 g/mol. The Morgan fingerprint density at radius 3 is 2.37 bits per heavy atom. The van der Waals surface area contributed by atoms with Crippen molar-refractivity contribution in [3.05, 3.63) is 71.8 Å². The van der Waals surface area contributed by atoms with Crippen LogP contribution < -0.4 is 15.5 Å². The summed E-state index contributed by atoms with van der Waals surface area (Å²) in [4.78, 5) is 17.5. The minimum Gasteiger partial charge on any atom is -0.382 e. The van der Waals surface area contributed by atoms with E-state index in [-0.39, 0.29) is 10.7 Å². The first-order chi connectivity index (χ1) is 20.4. The fraction of sp³-hybridized carbons (Fsp3) is 0.333. The van der Waals surface area contributed by atoms with E-state index in [1.165, 1.54) is 18.2 Å². The molecule has 3 aromatic carbocycles. The number of halogens is 2. The summed E-state index contributed by atoms with van der Waals surface area (Å²) in [5.74, 6) is -2.37. The second-order valence-corrected chi connectivity index (χ2v) is 13.3. The van der Waals surface area contributed by atoms with Crippen LogP contribution in [0.15, 0.2) is 64.4 Å². The molecule has 1 fully saturated rings. The second kappa shape index (κ2) is 11.9. The number of ether oxygens (including phenoxy) is 1. The largest absolute Gasteiger partial charge is 0.382 e. The van der Waals surface area contributed by atoms with E-state index in [4.69, 9.17) is 4.74 Å². The molecule has 0 atom stereocenters. The summed E-state index contributed by atoms with van der Waals surface area (Å²) in [6.45, 7) is 7.90. The van der Waals surface area contributed by atoms with E-state index in [1.54, 1.807) is 13.2 Å². The number of methoxy groups -OCH3 is 1. The number of carbonyl (C=O) groups is 1. The van der Waals surface area contributed by atoms with E-state index in [1.807, 2.05) is 26.0 Å². The van der Waals surface area contributed by atoms with Crippen molar-refractivity contribution in [1.29, 1.82) is 0 Å². The van der Waals surface area contributed by atoms with Crippen LogP contribution in [0.3, 0.4) is 0 Å². The molecular weight excluding hydrogens is 578 g/mol. The van der Waals surface area contributed by atoms with Crippen LogP contribution in [0.25, 0.3) is 10.9 Å². The number of piperazine rings is 1. The number of rotatable bonds is 9. The Morgan fingerprint density at radius 1 is 1.00 bits per heavy atom. The van der Waals surface area contributed by atoms with Gasteiger partial charge in [0.25, 0.3) is 5.91 Å². The molecule has 0 spiro atoms. The molecule has 3 N–H and O–H groups in total. The molecule has 13 heteroatoms. The number of hydrogen-bond donors (Lipinski definition) is 3. The van der Waals surface area contributed by atoms with Crippen molar-refractivity contribution in [3.8, 4) is 0 Å². The zero-order valence-electron chi connectivity index (χ0n) is 24.4. The highest BCUT2D eigenvalue weighted by Gasteiger charge is 2.25. The van der Waals surface area contributed by atoms with Crippen molar-refractivity contribution < 1.29 is 26.7 Å². The number of anilines is 3. The predicted molar refractivity (Wildman–Crippen MR) is 162 cm³/mol. The van der Waals surface area contributed by atoms with Crippen LogP contribution in [-0.4, -0.2) is 81.9 Å². The molecule has 5 rings (SSSR count). The first-order valence-electron chi connectivity index (χ1n) is 13.7. The molecule has 1 saturated heterocycles. The number of fused-ring (bicyclic) bond motifs is 1. The third kappa shape index (κ3) is 6.63. The van der Waals surface area contributed by atoms with Gasteiger partial charge in [0.2, 0.25) is 9.84 Å². The average molecular weight is 613 g/mol. The lowest BCUT2D eigenvalue weighted by atomic mass is 10.0. The van der Waals surface area contributed by atoms with Gasteiger partial charge in [-0.25, -0.2) is 17.2 Å². The van der Waals surface area contributed by atoms with Crippen molar-refractivity contribution in [2.24, 2.45) is 0 Å². The fourth-order valence-electron chi connectivity index (χ4n) is 5.11. The molecule has 10 nitrogen and oxygen atoms in total. The van der Waals surface area contributed by atoms with Crippen LogP contribution in [-0.2, 0) is 14.6 Å². The van der Waals surface area contributed by atoms with Crippen LogP contribution in [0.1, 0.15) is 24.2 Å². The molecule has 1 aliphatic heterocycles. The van der Waals surface area contributed by atoms with Crippen molar-refractivity contribution in [2.45, 2.75) is 29.2 Å². The van der Waals surface area contributed by atoms with Crippen LogP contribution in [0.4, 0.5) is 26.0 Å². The summed E-state index contributed by atoms with van der Waals surface area (Å²) in [7, 11) is -0.569. The summed E-state index contributed by atoms with van der Waals surface area (Å²) in [5.41, 5.74) is 1.91. The van der Waals surface area contributed by atoms with Crippen LogP contribution in [0, 0.1) is 11.6 Å². The van der Waals surface area contributed by atoms with Crippen LogP contribution >= 0.6 is 0 Å². The molecule has 1 aliphatic rings. The SMILES string of the molecule is COCC(C)(C)Nc1cc(N2CCN(C)CC2)ccc1C(=O)Nc1n[nH]c2ccc(S(=O)(=O)c3cc(F)cc(F)c3)cc12. The van der Waals surface area contributed by atoms with Gasteiger partial charge < -0.3 is 25.2 Å². The van der Waals surface area contributed by atoms with Crippen molar-refractivity contribution in [2.75, 3.05) is 62.5 Å². The van der Waals surface area contributed by atoms with Gasteiger partial charge in [-0.2, -0.15) is 5.10 Å². The Hall–Kier alpha value is -4.07. The lowest BCUT2D eigenvalue weighted by Gasteiger charge is -2.35. The number of hydrogen-bond acceptors (Lipinski definition) is 8. The Balaban J connectivity index is 1.47. The maximum absolute atomic E-state index is 13.8. The number of carbonyl (C=O) groups excluding carboxylic acids is 1. The highest BCUT2D eigenvalue weighted by Crippen LogP contribution is 2.31. The molecule has 2 heterocycles. The van der Waals surface area contributed by atoms with Crippen molar-refractivity contribution >= 4 is 43.8 Å². The van der Waals surface area contributed by atoms with Gasteiger partial charge in [-0.15, -0.1) is 0 Å². The molecular formula is C30H34F2N6O4S. The van der Waals surface area contributed by atoms with Gasteiger partial charge in [0.05, 0.1) is 33.0 Å². The molecule has 0 bridgehead atoms. The summed E-state index contributed by atoms with van der Waals surface area (Å²) in [5, 5.41) is 13.5. The predicted octanol–water partition coefficient (Wildman–Crippen LogP) is 4.51. The molecule has 1 amide bonds. The van der Waals surface area contributed by atoms with Crippen LogP contribution in [0.5, 0.6) is 0 Å². The van der Waals surface area contributed by atoms with Gasteiger partial charge in [0.1, 0.15) is 11.6 Å². The zero-order chi connectivity index (χ0) is 30.9. The first kappa shape index (κ1) is 30.4. The van der Waals surface area contributed by atoms with E-state index >= 15 is 0 Å². The van der Waals surface area contributed by atoms with E-state index in [0.29, 0.717) is 34.8 Å². The number of benzene rings is 3. The van der Waals surface area contributed by atoms with Crippen molar-refractivity contribution in [1.82, 2.24) is 15.1 Å². The van der Waals surface area contributed by atoms with E-state index in [2.05, 4.69) is 37.7 Å². The first-order valence-corrected chi connectivity index (χ1v) is 15.2. The number of aromatic nitrogens is 2. The third-order valence-electron chi connectivity index (χ3n) is 7.32. The summed E-state index contributed by atoms with van der Waals surface area (Å²) in [6, 6.07) is 11.8. The van der Waals surface area contributed by atoms with Crippen molar-refractivity contribution in [3.63, 3.8) is 0 Å². The minimum atomic E-state index is -4.27. The maximum atomic E-state index is 13.8. The summed E-state index contributed by atoms with van der Waals surface area (Å²) in [6.07, 6.45) is 0. The molecule has 1 aromatic heterocycles. The number of amides is 1. The molecule has 0 saturated carbocycles. The second-order valence-electron chi connectivity index (χ2n) is 11.3. The summed E-state index contributed by atoms with van der Waals surface area (Å²) >= 11 is 0. The number of sulfone groups is 1. The van der Waals surface area contributed by atoms with E-state index in [0.717, 1.165) is 44.0 Å². The fourth-order valence-corrected chi connectivity index (χ4v) is 6.43. The lowest BCUT2D eigenvalue weighted by molar-refractivity contribution is 0.102. The van der Waals surface area contributed by atoms with Gasteiger partial charge in [-0.1, -0.05) is 0 Å². The number of nitrogens with one attached hydrogen (secondary N) is 3. The number of nitrogens with zero attached hydrogens (tertiary/aromatic N) is 3. The normalized spacial score (nSPS) is 14.7. The Labute approximate surface area is 248 Å². The number of H-pyrrole nitrogens is 1. The molecule has 4 aromatic rings. The number of likely N-dealkylation sites (N-methyl/N-ethyl adjacent to an activating group) is 1. The molecule has 0 aliphatic carbocycles. The minimum absolute atomic E-state index is 0.104. The maximum Gasteiger partial charge on any atom is 0.258 e. The van der Waals surface area contributed by atoms with Gasteiger partial charge in [0, 0.05) is 56.1 Å². The molecule has 0 radical (unpaired) electrons. The van der Waals surface area contributed by atoms with Gasteiger partial charge in [-0.05, 0) is 69.4 Å². The highest BCUT2D eigenvalue weighted by molar-refractivity contribution is 7.91. The smallest absolute Gasteiger partial charge is 0.258 e. The van der Waals surface area contributed by atoms with Crippen LogP contribution in [0.2, 0.25) is 0 Å². The van der Waals surface area contributed by atoms with Gasteiger partial charge >= 0.3 is 0 Å². The molecule has 228 valence electrons.